The highest BCUT2D eigenvalue weighted by Crippen LogP contribution is 2.11. The summed E-state index contributed by atoms with van der Waals surface area (Å²) >= 11 is 0. The van der Waals surface area contributed by atoms with E-state index in [0.717, 1.165) is 5.56 Å². The summed E-state index contributed by atoms with van der Waals surface area (Å²) in [6.07, 6.45) is -0.638. The van der Waals surface area contributed by atoms with Gasteiger partial charge in [-0.05, 0) is 19.1 Å². The second-order valence-corrected chi connectivity index (χ2v) is 2.85. The van der Waals surface area contributed by atoms with Gasteiger partial charge in [0.2, 0.25) is 0 Å². The Balaban J connectivity index is 0.00000106. The van der Waals surface area contributed by atoms with Crippen molar-refractivity contribution in [3.05, 3.63) is 42.2 Å². The molecule has 0 atom stereocenters. The third kappa shape index (κ3) is 5.70. The van der Waals surface area contributed by atoms with Gasteiger partial charge in [-0.1, -0.05) is 38.1 Å². The van der Waals surface area contributed by atoms with Crippen LogP contribution in [0, 0.1) is 6.92 Å². The Morgan fingerprint density at radius 1 is 1.31 bits per heavy atom. The Kier molecular flexibility index (Phi) is 6.43. The molecular formula is C12H18N2O2. The summed E-state index contributed by atoms with van der Waals surface area (Å²) in [6.45, 7) is 9.27. The van der Waals surface area contributed by atoms with Crippen LogP contribution in [0.25, 0.3) is 0 Å². The summed E-state index contributed by atoms with van der Waals surface area (Å²) in [6, 6.07) is 7.10. The van der Waals surface area contributed by atoms with Crippen LogP contribution in [0.5, 0.6) is 5.75 Å². The van der Waals surface area contributed by atoms with Crippen molar-refractivity contribution in [2.45, 2.75) is 20.8 Å². The first-order chi connectivity index (χ1) is 7.58. The number of amides is 1. The van der Waals surface area contributed by atoms with Gasteiger partial charge in [0.1, 0.15) is 5.75 Å². The summed E-state index contributed by atoms with van der Waals surface area (Å²) in [5.74, 6) is 0.525. The minimum Gasteiger partial charge on any atom is -0.410 e. The average Bonchev–Trinajstić information content (AvgIpc) is 2.23. The van der Waals surface area contributed by atoms with Crippen LogP contribution in [0.1, 0.15) is 19.4 Å². The first-order valence-electron chi connectivity index (χ1n) is 5.08. The van der Waals surface area contributed by atoms with Crippen LogP contribution in [0.2, 0.25) is 0 Å². The molecule has 1 rings (SSSR count). The topological polar surface area (TPSA) is 64.3 Å². The Labute approximate surface area is 96.1 Å². The maximum absolute atomic E-state index is 11.0. The average molecular weight is 222 g/mol. The molecule has 88 valence electrons. The van der Waals surface area contributed by atoms with Crippen LogP contribution in [0.4, 0.5) is 4.79 Å². The third-order valence-corrected chi connectivity index (χ3v) is 1.49. The monoisotopic (exact) mass is 222 g/mol. The fraction of sp³-hybridized carbons (Fsp3) is 0.250. The van der Waals surface area contributed by atoms with Gasteiger partial charge in [0.25, 0.3) is 0 Å². The van der Waals surface area contributed by atoms with Gasteiger partial charge in [0, 0.05) is 0 Å². The second-order valence-electron chi connectivity index (χ2n) is 2.85. The van der Waals surface area contributed by atoms with E-state index in [2.05, 4.69) is 11.9 Å². The van der Waals surface area contributed by atoms with Crippen LogP contribution in [-0.2, 0) is 0 Å². The molecule has 4 nitrogen and oxygen atoms in total. The lowest BCUT2D eigenvalue weighted by Crippen LogP contribution is -2.29. The lowest BCUT2D eigenvalue weighted by molar-refractivity contribution is 0.203. The van der Waals surface area contributed by atoms with Crippen LogP contribution >= 0.6 is 0 Å². The highest BCUT2D eigenvalue weighted by molar-refractivity contribution is 5.71. The number of hydrogen-bond donors (Lipinski definition) is 2. The predicted molar refractivity (Wildman–Crippen MR) is 65.0 cm³/mol. The zero-order valence-corrected chi connectivity index (χ0v) is 9.91. The van der Waals surface area contributed by atoms with Gasteiger partial charge in [0.05, 0.1) is 5.82 Å². The van der Waals surface area contributed by atoms with Gasteiger partial charge in [-0.2, -0.15) is 0 Å². The first kappa shape index (κ1) is 14.0. The molecule has 1 amide bonds. The van der Waals surface area contributed by atoms with E-state index in [1.165, 1.54) is 0 Å². The normalized spacial score (nSPS) is 8.44. The molecule has 0 bridgehead atoms. The maximum Gasteiger partial charge on any atom is 0.418 e. The van der Waals surface area contributed by atoms with E-state index >= 15 is 0 Å². The first-order valence-corrected chi connectivity index (χ1v) is 5.08. The molecule has 0 aliphatic carbocycles. The summed E-state index contributed by atoms with van der Waals surface area (Å²) in [7, 11) is 0. The van der Waals surface area contributed by atoms with Crippen LogP contribution in [0.15, 0.2) is 36.7 Å². The molecule has 0 radical (unpaired) electrons. The molecule has 0 aliphatic heterocycles. The molecular weight excluding hydrogens is 204 g/mol. The van der Waals surface area contributed by atoms with Gasteiger partial charge >= 0.3 is 6.09 Å². The van der Waals surface area contributed by atoms with E-state index in [1.807, 2.05) is 32.9 Å². The molecule has 0 aliphatic rings. The summed E-state index contributed by atoms with van der Waals surface area (Å²) in [5, 5.41) is 2.23. The fourth-order valence-corrected chi connectivity index (χ4v) is 0.870. The van der Waals surface area contributed by atoms with Crippen LogP contribution in [0.3, 0.4) is 0 Å². The number of nitrogens with two attached hydrogens (primary N) is 1. The molecule has 0 fully saturated rings. The van der Waals surface area contributed by atoms with E-state index in [1.54, 1.807) is 12.1 Å². The molecule has 0 unspecified atom stereocenters. The lowest BCUT2D eigenvalue weighted by Gasteiger charge is -2.05. The highest BCUT2D eigenvalue weighted by Gasteiger charge is 2.02. The largest absolute Gasteiger partial charge is 0.418 e. The summed E-state index contributed by atoms with van der Waals surface area (Å²) < 4.78 is 4.89. The predicted octanol–water partition coefficient (Wildman–Crippen LogP) is 2.54. The van der Waals surface area contributed by atoms with Crippen molar-refractivity contribution >= 4 is 6.09 Å². The van der Waals surface area contributed by atoms with Gasteiger partial charge in [0.15, 0.2) is 0 Å². The van der Waals surface area contributed by atoms with Gasteiger partial charge in [-0.15, -0.1) is 0 Å². The van der Waals surface area contributed by atoms with E-state index in [0.29, 0.717) is 5.75 Å². The number of aryl methyl sites for hydroxylation is 1. The zero-order chi connectivity index (χ0) is 12.6. The molecule has 0 heterocycles. The van der Waals surface area contributed by atoms with Crippen molar-refractivity contribution in [1.82, 2.24) is 5.32 Å². The lowest BCUT2D eigenvalue weighted by atomic mass is 10.2. The second kappa shape index (κ2) is 7.34. The number of rotatable bonds is 2. The van der Waals surface area contributed by atoms with Gasteiger partial charge in [-0.25, -0.2) is 4.79 Å². The Bertz CT molecular complexity index is 345. The maximum atomic E-state index is 11.0. The molecule has 1 aromatic carbocycles. The minimum atomic E-state index is -0.638. The third-order valence-electron chi connectivity index (χ3n) is 1.49. The van der Waals surface area contributed by atoms with Crippen molar-refractivity contribution in [2.24, 2.45) is 5.73 Å². The minimum absolute atomic E-state index is 0.0575. The number of ether oxygens (including phenoxy) is 1. The molecule has 0 spiro atoms. The number of hydrogen-bond acceptors (Lipinski definition) is 3. The number of carbonyl (C=O) groups excluding carboxylic acids is 1. The smallest absolute Gasteiger partial charge is 0.410 e. The molecule has 3 N–H and O–H groups in total. The van der Waals surface area contributed by atoms with Crippen molar-refractivity contribution in [1.29, 1.82) is 0 Å². The quantitative estimate of drug-likeness (QED) is 0.808. The molecule has 0 saturated heterocycles. The Hall–Kier alpha value is -1.97. The SMILES string of the molecule is C=C(N)NC(=O)Oc1ccc(C)cc1.CC. The fourth-order valence-electron chi connectivity index (χ4n) is 0.870. The number of benzene rings is 1. The molecule has 16 heavy (non-hydrogen) atoms. The van der Waals surface area contributed by atoms with Crippen LogP contribution < -0.4 is 15.8 Å². The number of nitrogens with one attached hydrogen (secondary N) is 1. The molecule has 4 heteroatoms. The van der Waals surface area contributed by atoms with Crippen molar-refractivity contribution in [2.75, 3.05) is 0 Å². The highest BCUT2D eigenvalue weighted by atomic mass is 16.6. The van der Waals surface area contributed by atoms with Gasteiger partial charge in [-0.3, -0.25) is 5.32 Å². The van der Waals surface area contributed by atoms with E-state index in [9.17, 15) is 4.79 Å². The van der Waals surface area contributed by atoms with Crippen LogP contribution in [-0.4, -0.2) is 6.09 Å². The Morgan fingerprint density at radius 2 is 1.81 bits per heavy atom. The van der Waals surface area contributed by atoms with Crippen molar-refractivity contribution < 1.29 is 9.53 Å². The van der Waals surface area contributed by atoms with Crippen molar-refractivity contribution in [3.63, 3.8) is 0 Å². The summed E-state index contributed by atoms with van der Waals surface area (Å²) in [5.41, 5.74) is 6.26. The standard InChI is InChI=1S/C10H12N2O2.C2H6/c1-7-3-5-9(6-4-7)14-10(13)12-8(2)11;1-2/h3-6H,2,11H2,1H3,(H,12,13);1-2H3. The molecule has 0 aromatic heterocycles. The number of carbonyl (C=O) groups is 1. The van der Waals surface area contributed by atoms with E-state index in [4.69, 9.17) is 10.5 Å². The van der Waals surface area contributed by atoms with E-state index in [-0.39, 0.29) is 5.82 Å². The van der Waals surface area contributed by atoms with Gasteiger partial charge < -0.3 is 10.5 Å². The van der Waals surface area contributed by atoms with Crippen molar-refractivity contribution in [3.8, 4) is 5.75 Å². The zero-order valence-electron chi connectivity index (χ0n) is 9.91. The summed E-state index contributed by atoms with van der Waals surface area (Å²) in [4.78, 5) is 11.0. The molecule has 0 saturated carbocycles. The Morgan fingerprint density at radius 3 is 2.25 bits per heavy atom. The van der Waals surface area contributed by atoms with E-state index < -0.39 is 6.09 Å². The molecule has 1 aromatic rings.